The normalized spacial score (nSPS) is 31.4. The van der Waals surface area contributed by atoms with Gasteiger partial charge in [0, 0.05) is 12.8 Å². The van der Waals surface area contributed by atoms with Crippen LogP contribution < -0.4 is 36.9 Å². The lowest BCUT2D eigenvalue weighted by atomic mass is 9.85. The number of rotatable bonds is 4. The second-order valence-electron chi connectivity index (χ2n) is 9.58. The topological polar surface area (TPSA) is 217 Å². The van der Waals surface area contributed by atoms with Crippen LogP contribution in [0.15, 0.2) is 23.2 Å². The fourth-order valence-corrected chi connectivity index (χ4v) is 5.82. The summed E-state index contributed by atoms with van der Waals surface area (Å²) in [7, 11) is 0. The van der Waals surface area contributed by atoms with Crippen molar-refractivity contribution in [3.63, 3.8) is 0 Å². The van der Waals surface area contributed by atoms with Crippen molar-refractivity contribution in [3.8, 4) is 11.5 Å². The average molecular weight is 516 g/mol. The molecule has 1 aromatic rings. The monoisotopic (exact) mass is 515 g/mol. The van der Waals surface area contributed by atoms with Gasteiger partial charge in [-0.2, -0.15) is 0 Å². The van der Waals surface area contributed by atoms with Crippen molar-refractivity contribution in [3.05, 3.63) is 23.8 Å². The fraction of sp³-hybridized carbons (Fsp3) is 0.500. The third-order valence-electron chi connectivity index (χ3n) is 7.52. The Morgan fingerprint density at radius 1 is 1.22 bits per heavy atom. The summed E-state index contributed by atoms with van der Waals surface area (Å²) in [6.45, 7) is 0.396. The van der Waals surface area contributed by atoms with Gasteiger partial charge >= 0.3 is 5.96 Å². The summed E-state index contributed by atoms with van der Waals surface area (Å²) in [5.74, 6) is -3.30. The smallest absolute Gasteiger partial charge is 0.346 e. The number of hydrogen-bond acceptors (Lipinski definition) is 12. The molecule has 5 aliphatic heterocycles. The van der Waals surface area contributed by atoms with Crippen molar-refractivity contribution in [1.82, 2.24) is 20.9 Å². The quantitative estimate of drug-likeness (QED) is 0.116. The SMILES string of the molecule is NC1=NC2[C@H](CN3C(=O)CCC3=O)NC(N)=[N+]3CC(NC(=O)c4cccc5c4OCCO5)C(O)(O)C23N1. The molecule has 0 radical (unpaired) electrons. The van der Waals surface area contributed by atoms with Crippen molar-refractivity contribution < 1.29 is 38.6 Å². The fourth-order valence-electron chi connectivity index (χ4n) is 5.82. The van der Waals surface area contributed by atoms with Crippen LogP contribution in [0.2, 0.25) is 0 Å². The van der Waals surface area contributed by atoms with Gasteiger partial charge in [0.25, 0.3) is 5.91 Å². The van der Waals surface area contributed by atoms with Gasteiger partial charge in [-0.25, -0.2) is 9.57 Å². The Bertz CT molecular complexity index is 1260. The van der Waals surface area contributed by atoms with Gasteiger partial charge in [-0.3, -0.25) is 30.3 Å². The molecular weight excluding hydrogens is 488 g/mol. The predicted molar refractivity (Wildman–Crippen MR) is 124 cm³/mol. The zero-order valence-electron chi connectivity index (χ0n) is 19.6. The summed E-state index contributed by atoms with van der Waals surface area (Å²) in [6, 6.07) is 1.82. The van der Waals surface area contributed by atoms with Crippen LogP contribution in [0.3, 0.4) is 0 Å². The first-order valence-corrected chi connectivity index (χ1v) is 11.9. The molecule has 0 aromatic heterocycles. The summed E-state index contributed by atoms with van der Waals surface area (Å²) in [5, 5.41) is 31.7. The third kappa shape index (κ3) is 3.23. The predicted octanol–water partition coefficient (Wildman–Crippen LogP) is -4.32. The highest BCUT2D eigenvalue weighted by Crippen LogP contribution is 2.42. The molecule has 2 fully saturated rings. The van der Waals surface area contributed by atoms with Gasteiger partial charge < -0.3 is 36.1 Å². The number of benzene rings is 1. The van der Waals surface area contributed by atoms with Crippen LogP contribution in [0.5, 0.6) is 11.5 Å². The van der Waals surface area contributed by atoms with Crippen LogP contribution in [0.1, 0.15) is 23.2 Å². The molecule has 15 heteroatoms. The maximum absolute atomic E-state index is 13.3. The van der Waals surface area contributed by atoms with E-state index < -0.39 is 35.5 Å². The maximum Gasteiger partial charge on any atom is 0.346 e. The highest BCUT2D eigenvalue weighted by molar-refractivity contribution is 6.02. The van der Waals surface area contributed by atoms with Crippen molar-refractivity contribution in [2.75, 3.05) is 26.3 Å². The van der Waals surface area contributed by atoms with Gasteiger partial charge in [-0.15, -0.1) is 0 Å². The number of guanidine groups is 2. The number of nitrogens with one attached hydrogen (secondary N) is 3. The number of aliphatic imine (C=N–C) groups is 1. The Labute approximate surface area is 210 Å². The number of nitrogens with two attached hydrogens (primary N) is 2. The largest absolute Gasteiger partial charge is 0.486 e. The van der Waals surface area contributed by atoms with Crippen LogP contribution in [0.4, 0.5) is 0 Å². The van der Waals surface area contributed by atoms with Gasteiger partial charge in [0.1, 0.15) is 31.3 Å². The van der Waals surface area contributed by atoms with E-state index in [-0.39, 0.29) is 67.6 Å². The number of nitrogens with zero attached hydrogens (tertiary/aromatic N) is 3. The van der Waals surface area contributed by atoms with Gasteiger partial charge in [0.2, 0.25) is 23.3 Å². The molecule has 1 aromatic carbocycles. The maximum atomic E-state index is 13.3. The number of amides is 3. The first-order chi connectivity index (χ1) is 17.6. The molecule has 0 saturated carbocycles. The van der Waals surface area contributed by atoms with Crippen LogP contribution in [0, 0.1) is 0 Å². The highest BCUT2D eigenvalue weighted by atomic mass is 16.6. The number of hydrogen-bond donors (Lipinski definition) is 7. The van der Waals surface area contributed by atoms with Gasteiger partial charge in [-0.1, -0.05) is 6.07 Å². The number of carbonyl (C=O) groups excluding carboxylic acids is 3. The Balaban J connectivity index is 1.32. The number of fused-ring (bicyclic) bond motifs is 1. The molecule has 5 heterocycles. The van der Waals surface area contributed by atoms with Crippen LogP contribution in [-0.2, 0) is 9.59 Å². The zero-order chi connectivity index (χ0) is 26.1. The average Bonchev–Trinajstić information content (AvgIpc) is 3.46. The van der Waals surface area contributed by atoms with Gasteiger partial charge in [-0.05, 0) is 12.1 Å². The number of ether oxygens (including phenoxy) is 2. The summed E-state index contributed by atoms with van der Waals surface area (Å²) >= 11 is 0. The van der Waals surface area contributed by atoms with E-state index in [1.54, 1.807) is 18.2 Å². The lowest BCUT2D eigenvalue weighted by Crippen LogP contribution is -2.79. The Morgan fingerprint density at radius 3 is 2.70 bits per heavy atom. The zero-order valence-corrected chi connectivity index (χ0v) is 19.6. The second-order valence-corrected chi connectivity index (χ2v) is 9.58. The molecular formula is C22H27N8O7+. The lowest BCUT2D eigenvalue weighted by molar-refractivity contribution is -0.623. The minimum absolute atomic E-state index is 0.0378. The summed E-state index contributed by atoms with van der Waals surface area (Å²) in [4.78, 5) is 43.2. The van der Waals surface area contributed by atoms with E-state index in [1.807, 2.05) is 0 Å². The third-order valence-corrected chi connectivity index (χ3v) is 7.52. The second kappa shape index (κ2) is 7.94. The standard InChI is InChI=1S/C22H26N8O7/c23-19-27-17-11(8-29-14(31)4-5-15(29)32)25-20(24)30-9-13(22(34,35)21(17,30)28-19)26-18(33)10-2-1-3-12-16(10)37-7-6-36-12/h1-3,11,13,17,34-35H,4-9H2,(H6,23,24,25,26,27,28,33)/p+1/t11-,13?,17?,21?/m0/s1. The van der Waals surface area contributed by atoms with E-state index in [0.29, 0.717) is 12.4 Å². The molecule has 0 bridgehead atoms. The molecule has 1 spiro atoms. The Morgan fingerprint density at radius 2 is 1.95 bits per heavy atom. The molecule has 37 heavy (non-hydrogen) atoms. The molecule has 15 nitrogen and oxygen atoms in total. The van der Waals surface area contributed by atoms with Crippen LogP contribution in [0.25, 0.3) is 0 Å². The molecule has 196 valence electrons. The van der Waals surface area contributed by atoms with Crippen LogP contribution in [-0.4, -0.2) is 105 Å². The molecule has 6 rings (SSSR count). The minimum Gasteiger partial charge on any atom is -0.486 e. The van der Waals surface area contributed by atoms with E-state index in [0.717, 1.165) is 4.90 Å². The van der Waals surface area contributed by atoms with E-state index >= 15 is 0 Å². The number of aliphatic hydroxyl groups is 2. The molecule has 5 aliphatic rings. The Kier molecular flexibility index (Phi) is 5.00. The van der Waals surface area contributed by atoms with Crippen LogP contribution >= 0.6 is 0 Å². The molecule has 2 saturated heterocycles. The molecule has 0 aliphatic carbocycles. The van der Waals surface area contributed by atoms with Crippen molar-refractivity contribution in [2.24, 2.45) is 16.5 Å². The number of imide groups is 1. The first kappa shape index (κ1) is 23.3. The first-order valence-electron chi connectivity index (χ1n) is 11.9. The van der Waals surface area contributed by atoms with Crippen molar-refractivity contribution in [1.29, 1.82) is 0 Å². The summed E-state index contributed by atoms with van der Waals surface area (Å²) < 4.78 is 12.6. The van der Waals surface area contributed by atoms with Gasteiger partial charge in [0.15, 0.2) is 17.5 Å². The van der Waals surface area contributed by atoms with E-state index in [4.69, 9.17) is 20.9 Å². The van der Waals surface area contributed by atoms with Crippen molar-refractivity contribution in [2.45, 2.75) is 42.4 Å². The summed E-state index contributed by atoms with van der Waals surface area (Å²) in [6.07, 6.45) is 0.207. The molecule has 3 unspecified atom stereocenters. The molecule has 4 atom stereocenters. The van der Waals surface area contributed by atoms with E-state index in [9.17, 15) is 24.6 Å². The van der Waals surface area contributed by atoms with E-state index in [1.165, 1.54) is 4.58 Å². The Hall–Kier alpha value is -4.11. The molecule has 9 N–H and O–H groups in total. The minimum atomic E-state index is -2.64. The van der Waals surface area contributed by atoms with Crippen molar-refractivity contribution >= 4 is 29.6 Å². The number of likely N-dealkylation sites (tertiary alicyclic amines) is 1. The highest BCUT2D eigenvalue weighted by Gasteiger charge is 2.75. The van der Waals surface area contributed by atoms with Gasteiger partial charge in [0.05, 0.1) is 18.7 Å². The van der Waals surface area contributed by atoms with E-state index in [2.05, 4.69) is 20.9 Å². The lowest BCUT2D eigenvalue weighted by Gasteiger charge is -2.44. The number of para-hydroxylation sites is 1. The summed E-state index contributed by atoms with van der Waals surface area (Å²) in [5.41, 5.74) is 10.7. The molecule has 3 amide bonds. The number of carbonyl (C=O) groups is 3.